The Kier molecular flexibility index (Phi) is 6.22. The van der Waals surface area contributed by atoms with Gasteiger partial charge in [0.1, 0.15) is 0 Å². The Labute approximate surface area is 195 Å². The molecule has 0 aliphatic carbocycles. The van der Waals surface area contributed by atoms with E-state index >= 15 is 0 Å². The summed E-state index contributed by atoms with van der Waals surface area (Å²) in [5.74, 6) is 2.04. The Morgan fingerprint density at radius 3 is 2.69 bits per heavy atom. The van der Waals surface area contributed by atoms with Gasteiger partial charge >= 0.3 is 0 Å². The first-order chi connectivity index (χ1) is 15.8. The Bertz CT molecular complexity index is 1210. The molecule has 0 bridgehead atoms. The Morgan fingerprint density at radius 2 is 1.84 bits per heavy atom. The molecule has 0 N–H and O–H groups in total. The highest BCUT2D eigenvalue weighted by Crippen LogP contribution is 2.35. The molecule has 0 saturated heterocycles. The lowest BCUT2D eigenvalue weighted by atomic mass is 10.2. The molecule has 6 nitrogen and oxygen atoms in total. The molecule has 0 fully saturated rings. The number of nitrogens with zero attached hydrogens (tertiary/aromatic N) is 5. The third-order valence-corrected chi connectivity index (χ3v) is 7.17. The van der Waals surface area contributed by atoms with Crippen molar-refractivity contribution in [2.45, 2.75) is 16.6 Å². The van der Waals surface area contributed by atoms with Crippen LogP contribution in [0.5, 0.6) is 0 Å². The van der Waals surface area contributed by atoms with Crippen LogP contribution in [0.15, 0.2) is 89.2 Å². The molecule has 160 valence electrons. The summed E-state index contributed by atoms with van der Waals surface area (Å²) in [4.78, 5) is 20.4. The minimum absolute atomic E-state index is 0.0833. The first-order valence-corrected chi connectivity index (χ1v) is 12.3. The number of rotatable bonds is 6. The third-order valence-electron chi connectivity index (χ3n) is 5.17. The molecular weight excluding hydrogens is 438 g/mol. The highest BCUT2D eigenvalue weighted by molar-refractivity contribution is 8.00. The lowest BCUT2D eigenvalue weighted by Crippen LogP contribution is -2.36. The van der Waals surface area contributed by atoms with Gasteiger partial charge in [0.2, 0.25) is 5.91 Å². The number of pyridine rings is 1. The molecule has 0 unspecified atom stereocenters. The van der Waals surface area contributed by atoms with Crippen LogP contribution in [0.25, 0.3) is 11.4 Å². The zero-order valence-corrected chi connectivity index (χ0v) is 18.9. The Balaban J connectivity index is 1.39. The molecule has 3 heterocycles. The molecule has 8 heteroatoms. The summed E-state index contributed by atoms with van der Waals surface area (Å²) in [6.07, 6.45) is 3.53. The van der Waals surface area contributed by atoms with E-state index in [-0.39, 0.29) is 5.91 Å². The third kappa shape index (κ3) is 4.42. The molecule has 32 heavy (non-hydrogen) atoms. The standard InChI is InChI=1S/C24H21N5OS2/c30-22(28-13-14-31-21-11-5-4-10-20(21)28)17-32-24-27-26-23(19-9-6-12-25-15-19)29(24)16-18-7-2-1-3-8-18/h1-12,15H,13-14,16-17H2. The maximum absolute atomic E-state index is 13.1. The van der Waals surface area contributed by atoms with E-state index in [0.717, 1.165) is 45.0 Å². The van der Waals surface area contributed by atoms with Gasteiger partial charge in [-0.1, -0.05) is 54.2 Å². The van der Waals surface area contributed by atoms with Gasteiger partial charge in [-0.05, 0) is 29.8 Å². The summed E-state index contributed by atoms with van der Waals surface area (Å²) in [5.41, 5.74) is 3.04. The highest BCUT2D eigenvalue weighted by Gasteiger charge is 2.24. The van der Waals surface area contributed by atoms with Gasteiger partial charge in [-0.25, -0.2) is 0 Å². The topological polar surface area (TPSA) is 63.9 Å². The van der Waals surface area contributed by atoms with Crippen molar-refractivity contribution >= 4 is 35.1 Å². The molecule has 0 spiro atoms. The van der Waals surface area contributed by atoms with Crippen molar-refractivity contribution in [2.75, 3.05) is 23.0 Å². The fraction of sp³-hybridized carbons (Fsp3) is 0.167. The van der Waals surface area contributed by atoms with Gasteiger partial charge in [0, 0.05) is 35.2 Å². The number of para-hydroxylation sites is 1. The predicted octanol–water partition coefficient (Wildman–Crippen LogP) is 4.62. The fourth-order valence-electron chi connectivity index (χ4n) is 3.65. The van der Waals surface area contributed by atoms with E-state index in [0.29, 0.717) is 12.3 Å². The van der Waals surface area contributed by atoms with Crippen molar-refractivity contribution in [2.24, 2.45) is 0 Å². The molecule has 2 aromatic carbocycles. The number of hydrogen-bond donors (Lipinski definition) is 0. The van der Waals surface area contributed by atoms with Crippen molar-refractivity contribution in [1.82, 2.24) is 19.7 Å². The van der Waals surface area contributed by atoms with Gasteiger partial charge in [-0.2, -0.15) is 0 Å². The van der Waals surface area contributed by atoms with E-state index in [1.165, 1.54) is 11.8 Å². The van der Waals surface area contributed by atoms with E-state index in [1.54, 1.807) is 24.2 Å². The molecule has 2 aromatic heterocycles. The number of aromatic nitrogens is 4. The normalized spacial score (nSPS) is 13.1. The van der Waals surface area contributed by atoms with E-state index in [2.05, 4.69) is 37.9 Å². The largest absolute Gasteiger partial charge is 0.310 e. The van der Waals surface area contributed by atoms with Gasteiger partial charge in [0.15, 0.2) is 11.0 Å². The SMILES string of the molecule is O=C(CSc1nnc(-c2cccnc2)n1Cc1ccccc1)N1CCSc2ccccc21. The Hall–Kier alpha value is -3.10. The quantitative estimate of drug-likeness (QED) is 0.392. The van der Waals surface area contributed by atoms with Crippen LogP contribution in [0.2, 0.25) is 0 Å². The van der Waals surface area contributed by atoms with Crippen LogP contribution in [0, 0.1) is 0 Å². The van der Waals surface area contributed by atoms with E-state index < -0.39 is 0 Å². The second-order valence-electron chi connectivity index (χ2n) is 7.27. The molecule has 0 radical (unpaired) electrons. The second-order valence-corrected chi connectivity index (χ2v) is 9.35. The van der Waals surface area contributed by atoms with E-state index in [9.17, 15) is 4.79 Å². The summed E-state index contributed by atoms with van der Waals surface area (Å²) in [7, 11) is 0. The smallest absolute Gasteiger partial charge is 0.237 e. The number of carbonyl (C=O) groups excluding carboxylic acids is 1. The lowest BCUT2D eigenvalue weighted by Gasteiger charge is -2.28. The summed E-state index contributed by atoms with van der Waals surface area (Å²) in [6, 6.07) is 22.1. The van der Waals surface area contributed by atoms with Crippen LogP contribution in [-0.2, 0) is 11.3 Å². The Morgan fingerprint density at radius 1 is 1.00 bits per heavy atom. The molecule has 4 aromatic rings. The number of fused-ring (bicyclic) bond motifs is 1. The second kappa shape index (κ2) is 9.58. The minimum atomic E-state index is 0.0833. The molecule has 0 atom stereocenters. The molecule has 1 aliphatic rings. The van der Waals surface area contributed by atoms with Crippen molar-refractivity contribution in [3.63, 3.8) is 0 Å². The number of hydrogen-bond acceptors (Lipinski definition) is 6. The van der Waals surface area contributed by atoms with Gasteiger partial charge in [-0.15, -0.1) is 22.0 Å². The molecular formula is C24H21N5OS2. The first kappa shape index (κ1) is 20.8. The average Bonchev–Trinajstić information content (AvgIpc) is 3.25. The van der Waals surface area contributed by atoms with Crippen molar-refractivity contribution < 1.29 is 4.79 Å². The maximum Gasteiger partial charge on any atom is 0.237 e. The van der Waals surface area contributed by atoms with Crippen LogP contribution < -0.4 is 4.90 Å². The number of carbonyl (C=O) groups is 1. The fourth-order valence-corrected chi connectivity index (χ4v) is 5.45. The highest BCUT2D eigenvalue weighted by atomic mass is 32.2. The summed E-state index contributed by atoms with van der Waals surface area (Å²) < 4.78 is 2.06. The van der Waals surface area contributed by atoms with E-state index in [4.69, 9.17) is 0 Å². The van der Waals surface area contributed by atoms with Crippen molar-refractivity contribution in [1.29, 1.82) is 0 Å². The van der Waals surface area contributed by atoms with Gasteiger partial charge < -0.3 is 4.90 Å². The molecule has 5 rings (SSSR count). The number of thioether (sulfide) groups is 2. The molecule has 1 aliphatic heterocycles. The van der Waals surface area contributed by atoms with Gasteiger partial charge in [0.25, 0.3) is 0 Å². The van der Waals surface area contributed by atoms with Crippen LogP contribution >= 0.6 is 23.5 Å². The minimum Gasteiger partial charge on any atom is -0.310 e. The van der Waals surface area contributed by atoms with Gasteiger partial charge in [0.05, 0.1) is 18.0 Å². The van der Waals surface area contributed by atoms with Crippen molar-refractivity contribution in [3.8, 4) is 11.4 Å². The van der Waals surface area contributed by atoms with Crippen LogP contribution in [0.1, 0.15) is 5.56 Å². The van der Waals surface area contributed by atoms with Crippen molar-refractivity contribution in [3.05, 3.63) is 84.7 Å². The molecule has 1 amide bonds. The average molecular weight is 460 g/mol. The zero-order chi connectivity index (χ0) is 21.8. The summed E-state index contributed by atoms with van der Waals surface area (Å²) >= 11 is 3.23. The molecule has 0 saturated carbocycles. The number of benzene rings is 2. The first-order valence-electron chi connectivity index (χ1n) is 10.3. The lowest BCUT2D eigenvalue weighted by molar-refractivity contribution is -0.116. The van der Waals surface area contributed by atoms with E-state index in [1.807, 2.05) is 53.4 Å². The zero-order valence-electron chi connectivity index (χ0n) is 17.3. The number of amides is 1. The van der Waals surface area contributed by atoms with Gasteiger partial charge in [-0.3, -0.25) is 14.3 Å². The predicted molar refractivity (Wildman–Crippen MR) is 129 cm³/mol. The van der Waals surface area contributed by atoms with Crippen LogP contribution in [0.3, 0.4) is 0 Å². The summed E-state index contributed by atoms with van der Waals surface area (Å²) in [6.45, 7) is 1.34. The van der Waals surface area contributed by atoms with Crippen LogP contribution in [-0.4, -0.2) is 43.7 Å². The number of anilines is 1. The summed E-state index contributed by atoms with van der Waals surface area (Å²) in [5, 5.41) is 9.58. The monoisotopic (exact) mass is 459 g/mol. The maximum atomic E-state index is 13.1. The van der Waals surface area contributed by atoms with Crippen LogP contribution in [0.4, 0.5) is 5.69 Å².